The van der Waals surface area contributed by atoms with Crippen LogP contribution < -0.4 is 11.3 Å². The van der Waals surface area contributed by atoms with Gasteiger partial charge in [0.05, 0.1) is 22.1 Å². The van der Waals surface area contributed by atoms with Crippen molar-refractivity contribution in [2.45, 2.75) is 13.0 Å². The van der Waals surface area contributed by atoms with Crippen LogP contribution >= 0.6 is 38.6 Å². The van der Waals surface area contributed by atoms with Crippen LogP contribution in [0.25, 0.3) is 0 Å². The zero-order valence-electron chi connectivity index (χ0n) is 8.03. The highest BCUT2D eigenvalue weighted by atomic mass is 79.9. The Balaban J connectivity index is 2.41. The summed E-state index contributed by atoms with van der Waals surface area (Å²) in [5, 5.41) is 2.04. The van der Waals surface area contributed by atoms with Gasteiger partial charge in [-0.1, -0.05) is 0 Å². The summed E-state index contributed by atoms with van der Waals surface area (Å²) in [6.07, 6.45) is 0. The smallest absolute Gasteiger partial charge is 0.0924 e. The predicted molar refractivity (Wildman–Crippen MR) is 68.0 cm³/mol. The summed E-state index contributed by atoms with van der Waals surface area (Å²) in [5.74, 6) is 5.61. The molecule has 0 bridgehead atoms. The van der Waals surface area contributed by atoms with Gasteiger partial charge in [-0.25, -0.2) is 10.4 Å². The summed E-state index contributed by atoms with van der Waals surface area (Å²) in [6.45, 7) is 2.00. The number of rotatable bonds is 3. The van der Waals surface area contributed by atoms with Gasteiger partial charge in [0, 0.05) is 9.35 Å². The molecule has 0 fully saturated rings. The Bertz CT molecular complexity index is 411. The zero-order chi connectivity index (χ0) is 10.8. The molecular formula is C9H10BrN3S2. The van der Waals surface area contributed by atoms with Crippen molar-refractivity contribution >= 4 is 38.6 Å². The second-order valence-electron chi connectivity index (χ2n) is 3.03. The maximum Gasteiger partial charge on any atom is 0.0924 e. The van der Waals surface area contributed by atoms with Gasteiger partial charge in [0.2, 0.25) is 0 Å². The molecule has 3 nitrogen and oxygen atoms in total. The summed E-state index contributed by atoms with van der Waals surface area (Å²) >= 11 is 6.82. The Labute approximate surface area is 104 Å². The number of halogens is 1. The molecule has 0 aliphatic carbocycles. The van der Waals surface area contributed by atoms with Crippen molar-refractivity contribution in [1.82, 2.24) is 10.4 Å². The third-order valence-corrected chi connectivity index (χ3v) is 5.05. The van der Waals surface area contributed by atoms with E-state index in [0.29, 0.717) is 0 Å². The Morgan fingerprint density at radius 1 is 1.47 bits per heavy atom. The number of thiazole rings is 1. The van der Waals surface area contributed by atoms with Gasteiger partial charge in [-0.2, -0.15) is 0 Å². The highest BCUT2D eigenvalue weighted by molar-refractivity contribution is 9.10. The van der Waals surface area contributed by atoms with Crippen LogP contribution in [0.2, 0.25) is 0 Å². The van der Waals surface area contributed by atoms with Crippen molar-refractivity contribution < 1.29 is 0 Å². The Hall–Kier alpha value is -0.270. The summed E-state index contributed by atoms with van der Waals surface area (Å²) in [5.41, 5.74) is 5.71. The number of nitrogens with two attached hydrogens (primary N) is 1. The molecule has 0 aliphatic rings. The highest BCUT2D eigenvalue weighted by Crippen LogP contribution is 2.35. The lowest BCUT2D eigenvalue weighted by molar-refractivity contribution is 0.650. The Morgan fingerprint density at radius 3 is 2.73 bits per heavy atom. The van der Waals surface area contributed by atoms with Gasteiger partial charge in [-0.05, 0) is 34.3 Å². The standard InChI is InChI=1S/C9H10BrN3S2/c1-5-8(15-4-12-5)7(13-11)9-6(10)2-3-14-9/h2-4,7,13H,11H2,1H3. The summed E-state index contributed by atoms with van der Waals surface area (Å²) in [4.78, 5) is 6.59. The first-order valence-corrected chi connectivity index (χ1v) is 6.88. The third-order valence-electron chi connectivity index (χ3n) is 2.12. The summed E-state index contributed by atoms with van der Waals surface area (Å²) < 4.78 is 1.09. The Kier molecular flexibility index (Phi) is 3.53. The van der Waals surface area contributed by atoms with Gasteiger partial charge in [0.15, 0.2) is 0 Å². The summed E-state index contributed by atoms with van der Waals surface area (Å²) in [6, 6.07) is 2.06. The molecule has 6 heteroatoms. The Morgan fingerprint density at radius 2 is 2.27 bits per heavy atom. The fourth-order valence-electron chi connectivity index (χ4n) is 1.37. The molecule has 80 valence electrons. The van der Waals surface area contributed by atoms with E-state index in [1.807, 2.05) is 23.9 Å². The number of thiophene rings is 1. The van der Waals surface area contributed by atoms with E-state index < -0.39 is 0 Å². The normalized spacial score (nSPS) is 13.0. The van der Waals surface area contributed by atoms with E-state index in [2.05, 4.69) is 26.3 Å². The molecule has 2 rings (SSSR count). The van der Waals surface area contributed by atoms with Crippen molar-refractivity contribution in [3.63, 3.8) is 0 Å². The minimum absolute atomic E-state index is 0.0341. The fraction of sp³-hybridized carbons (Fsp3) is 0.222. The molecule has 0 aliphatic heterocycles. The number of aromatic nitrogens is 1. The van der Waals surface area contributed by atoms with Crippen molar-refractivity contribution in [3.05, 3.63) is 36.9 Å². The highest BCUT2D eigenvalue weighted by Gasteiger charge is 2.20. The van der Waals surface area contributed by atoms with E-state index >= 15 is 0 Å². The molecule has 1 atom stereocenters. The molecule has 0 saturated carbocycles. The molecule has 3 N–H and O–H groups in total. The fourth-order valence-corrected chi connectivity index (χ4v) is 3.98. The number of hydrogen-bond acceptors (Lipinski definition) is 5. The minimum atomic E-state index is 0.0341. The first-order valence-electron chi connectivity index (χ1n) is 4.33. The lowest BCUT2D eigenvalue weighted by Crippen LogP contribution is -2.28. The van der Waals surface area contributed by atoms with Gasteiger partial charge in [-0.3, -0.25) is 5.84 Å². The molecular weight excluding hydrogens is 294 g/mol. The van der Waals surface area contributed by atoms with Crippen LogP contribution in [0.15, 0.2) is 21.4 Å². The van der Waals surface area contributed by atoms with E-state index in [0.717, 1.165) is 10.2 Å². The number of hydrazine groups is 1. The van der Waals surface area contributed by atoms with Gasteiger partial charge in [0.1, 0.15) is 0 Å². The van der Waals surface area contributed by atoms with Gasteiger partial charge < -0.3 is 0 Å². The molecule has 15 heavy (non-hydrogen) atoms. The van der Waals surface area contributed by atoms with E-state index in [4.69, 9.17) is 5.84 Å². The average molecular weight is 304 g/mol. The van der Waals surface area contributed by atoms with E-state index in [1.165, 1.54) is 9.75 Å². The van der Waals surface area contributed by atoms with Crippen LogP contribution in [-0.2, 0) is 0 Å². The molecule has 2 aromatic rings. The summed E-state index contributed by atoms with van der Waals surface area (Å²) in [7, 11) is 0. The first-order chi connectivity index (χ1) is 7.24. The molecule has 0 amide bonds. The maximum atomic E-state index is 5.61. The van der Waals surface area contributed by atoms with Crippen LogP contribution in [0.3, 0.4) is 0 Å². The van der Waals surface area contributed by atoms with Crippen molar-refractivity contribution in [2.24, 2.45) is 5.84 Å². The minimum Gasteiger partial charge on any atom is -0.271 e. The molecule has 0 radical (unpaired) electrons. The van der Waals surface area contributed by atoms with Crippen LogP contribution in [0.1, 0.15) is 21.5 Å². The third kappa shape index (κ3) is 2.14. The van der Waals surface area contributed by atoms with E-state index in [1.54, 1.807) is 22.7 Å². The predicted octanol–water partition coefficient (Wildman–Crippen LogP) is 2.83. The maximum absolute atomic E-state index is 5.61. The number of nitrogens with zero attached hydrogens (tertiary/aromatic N) is 1. The zero-order valence-corrected chi connectivity index (χ0v) is 11.2. The monoisotopic (exact) mass is 303 g/mol. The van der Waals surface area contributed by atoms with Crippen molar-refractivity contribution in [3.8, 4) is 0 Å². The number of aryl methyl sites for hydroxylation is 1. The molecule has 2 heterocycles. The van der Waals surface area contributed by atoms with Gasteiger partial charge in [-0.15, -0.1) is 22.7 Å². The average Bonchev–Trinajstić information content (AvgIpc) is 2.80. The second kappa shape index (κ2) is 4.71. The quantitative estimate of drug-likeness (QED) is 0.677. The molecule has 1 unspecified atom stereocenters. The van der Waals surface area contributed by atoms with Gasteiger partial charge >= 0.3 is 0 Å². The largest absolute Gasteiger partial charge is 0.271 e. The van der Waals surface area contributed by atoms with Crippen LogP contribution in [0.5, 0.6) is 0 Å². The van der Waals surface area contributed by atoms with Crippen LogP contribution in [-0.4, -0.2) is 4.98 Å². The lowest BCUT2D eigenvalue weighted by atomic mass is 10.2. The molecule has 0 saturated heterocycles. The van der Waals surface area contributed by atoms with Crippen molar-refractivity contribution in [2.75, 3.05) is 0 Å². The molecule has 0 spiro atoms. The molecule has 0 aromatic carbocycles. The molecule has 2 aromatic heterocycles. The first kappa shape index (κ1) is 11.2. The van der Waals surface area contributed by atoms with E-state index in [9.17, 15) is 0 Å². The lowest BCUT2D eigenvalue weighted by Gasteiger charge is -2.13. The number of hydrogen-bond donors (Lipinski definition) is 2. The van der Waals surface area contributed by atoms with E-state index in [-0.39, 0.29) is 6.04 Å². The number of nitrogens with one attached hydrogen (secondary N) is 1. The van der Waals surface area contributed by atoms with Crippen LogP contribution in [0.4, 0.5) is 0 Å². The second-order valence-corrected chi connectivity index (χ2v) is 5.72. The van der Waals surface area contributed by atoms with Crippen LogP contribution in [0, 0.1) is 6.92 Å². The van der Waals surface area contributed by atoms with Gasteiger partial charge in [0.25, 0.3) is 0 Å². The SMILES string of the molecule is Cc1ncsc1C(NN)c1sccc1Br. The topological polar surface area (TPSA) is 50.9 Å². The van der Waals surface area contributed by atoms with Crippen molar-refractivity contribution in [1.29, 1.82) is 0 Å².